The zero-order valence-electron chi connectivity index (χ0n) is 7.91. The molecule has 0 atom stereocenters. The standard InChI is InChI=1S/C9H10BrF2O2P/c1-2-6-3-4-7(8(10)5-6)9(11,12)15(13)14/h3-5,13-14H,2H2,1H3. The Labute approximate surface area is 96.0 Å². The van der Waals surface area contributed by atoms with Crippen LogP contribution in [0.2, 0.25) is 0 Å². The minimum absolute atomic E-state index is 0.197. The molecule has 1 aromatic carbocycles. The SMILES string of the molecule is CCc1ccc(C(F)(F)P(O)O)c(Br)c1. The predicted molar refractivity (Wildman–Crippen MR) is 58.8 cm³/mol. The van der Waals surface area contributed by atoms with Crippen LogP contribution in [0.3, 0.4) is 0 Å². The fraction of sp³-hybridized carbons (Fsp3) is 0.333. The summed E-state index contributed by atoms with van der Waals surface area (Å²) in [5.74, 6) is 0. The molecule has 0 saturated carbocycles. The molecule has 0 aliphatic heterocycles. The molecular weight excluding hydrogens is 289 g/mol. The first-order valence-corrected chi connectivity index (χ1v) is 6.28. The van der Waals surface area contributed by atoms with Gasteiger partial charge in [0.15, 0.2) is 0 Å². The maximum atomic E-state index is 13.3. The second kappa shape index (κ2) is 4.83. The maximum Gasteiger partial charge on any atom is 0.340 e. The van der Waals surface area contributed by atoms with Crippen LogP contribution in [0.5, 0.6) is 0 Å². The summed E-state index contributed by atoms with van der Waals surface area (Å²) in [6, 6.07) is 4.32. The first-order chi connectivity index (χ1) is 6.89. The molecule has 15 heavy (non-hydrogen) atoms. The summed E-state index contributed by atoms with van der Waals surface area (Å²) in [6.07, 6.45) is 0.734. The van der Waals surface area contributed by atoms with Gasteiger partial charge in [-0.25, -0.2) is 0 Å². The van der Waals surface area contributed by atoms with Gasteiger partial charge in [-0.15, -0.1) is 0 Å². The average Bonchev–Trinajstić information content (AvgIpc) is 2.16. The molecule has 0 radical (unpaired) electrons. The van der Waals surface area contributed by atoms with Crippen LogP contribution in [-0.4, -0.2) is 9.79 Å². The lowest BCUT2D eigenvalue weighted by atomic mass is 10.1. The van der Waals surface area contributed by atoms with Gasteiger partial charge in [0.1, 0.15) is 0 Å². The Morgan fingerprint density at radius 2 is 2.00 bits per heavy atom. The van der Waals surface area contributed by atoms with E-state index in [1.54, 1.807) is 12.1 Å². The van der Waals surface area contributed by atoms with Crippen LogP contribution >= 0.6 is 24.3 Å². The molecule has 0 amide bonds. The van der Waals surface area contributed by atoms with Gasteiger partial charge in [0.05, 0.1) is 0 Å². The lowest BCUT2D eigenvalue weighted by Crippen LogP contribution is -2.11. The van der Waals surface area contributed by atoms with E-state index in [1.165, 1.54) is 6.07 Å². The Balaban J connectivity index is 3.16. The minimum atomic E-state index is -3.60. The van der Waals surface area contributed by atoms with Crippen molar-refractivity contribution in [2.75, 3.05) is 0 Å². The van der Waals surface area contributed by atoms with E-state index in [9.17, 15) is 8.78 Å². The van der Waals surface area contributed by atoms with Crippen LogP contribution in [-0.2, 0) is 12.1 Å². The molecule has 1 aromatic rings. The largest absolute Gasteiger partial charge is 0.346 e. The highest BCUT2D eigenvalue weighted by atomic mass is 79.9. The summed E-state index contributed by atoms with van der Waals surface area (Å²) in [5, 5.41) is 0. The molecule has 0 aliphatic carbocycles. The molecule has 84 valence electrons. The molecule has 1 rings (SSSR count). The Bertz CT molecular complexity index is 358. The van der Waals surface area contributed by atoms with Gasteiger partial charge >= 0.3 is 5.66 Å². The summed E-state index contributed by atoms with van der Waals surface area (Å²) in [5.41, 5.74) is -3.09. The van der Waals surface area contributed by atoms with E-state index in [0.29, 0.717) is 0 Å². The molecular formula is C9H10BrF2O2P. The quantitative estimate of drug-likeness (QED) is 0.840. The fourth-order valence-electron chi connectivity index (χ4n) is 1.13. The molecule has 6 heteroatoms. The van der Waals surface area contributed by atoms with E-state index in [2.05, 4.69) is 15.9 Å². The summed E-state index contributed by atoms with van der Waals surface area (Å²) in [7, 11) is -3.31. The van der Waals surface area contributed by atoms with Crippen molar-refractivity contribution in [2.24, 2.45) is 0 Å². The first-order valence-electron chi connectivity index (χ1n) is 4.24. The van der Waals surface area contributed by atoms with Gasteiger partial charge in [-0.3, -0.25) is 0 Å². The monoisotopic (exact) mass is 298 g/mol. The number of hydrogen-bond acceptors (Lipinski definition) is 2. The zero-order valence-corrected chi connectivity index (χ0v) is 10.4. The molecule has 2 nitrogen and oxygen atoms in total. The fourth-order valence-corrected chi connectivity index (χ4v) is 2.37. The first kappa shape index (κ1) is 13.0. The second-order valence-electron chi connectivity index (χ2n) is 3.00. The van der Waals surface area contributed by atoms with E-state index in [0.717, 1.165) is 12.0 Å². The van der Waals surface area contributed by atoms with Crippen molar-refractivity contribution < 1.29 is 18.6 Å². The molecule has 2 N–H and O–H groups in total. The van der Waals surface area contributed by atoms with Crippen molar-refractivity contribution in [1.29, 1.82) is 0 Å². The summed E-state index contributed by atoms with van der Waals surface area (Å²) in [4.78, 5) is 17.3. The molecule has 0 fully saturated rings. The number of rotatable bonds is 3. The highest BCUT2D eigenvalue weighted by Gasteiger charge is 2.42. The normalized spacial score (nSPS) is 12.2. The van der Waals surface area contributed by atoms with Crippen molar-refractivity contribution in [2.45, 2.75) is 19.0 Å². The van der Waals surface area contributed by atoms with Gasteiger partial charge in [-0.2, -0.15) is 8.78 Å². The van der Waals surface area contributed by atoms with Crippen molar-refractivity contribution in [1.82, 2.24) is 0 Å². The minimum Gasteiger partial charge on any atom is -0.346 e. The third kappa shape index (κ3) is 2.72. The van der Waals surface area contributed by atoms with Crippen molar-refractivity contribution in [3.63, 3.8) is 0 Å². The Kier molecular flexibility index (Phi) is 4.18. The highest BCUT2D eigenvalue weighted by Crippen LogP contribution is 2.54. The predicted octanol–water partition coefficient (Wildman–Crippen LogP) is 3.36. The Hall–Kier alpha value is -0.0900. The van der Waals surface area contributed by atoms with Gasteiger partial charge in [-0.05, 0) is 18.1 Å². The molecule has 0 spiro atoms. The number of benzene rings is 1. The van der Waals surface area contributed by atoms with Gasteiger partial charge in [0, 0.05) is 10.0 Å². The van der Waals surface area contributed by atoms with E-state index in [1.807, 2.05) is 6.92 Å². The maximum absolute atomic E-state index is 13.3. The van der Waals surface area contributed by atoms with Crippen LogP contribution in [0.1, 0.15) is 18.1 Å². The van der Waals surface area contributed by atoms with E-state index < -0.39 is 19.6 Å². The summed E-state index contributed by atoms with van der Waals surface area (Å²) in [6.45, 7) is 1.91. The molecule has 0 bridgehead atoms. The van der Waals surface area contributed by atoms with E-state index in [4.69, 9.17) is 9.79 Å². The van der Waals surface area contributed by atoms with Gasteiger partial charge in [-0.1, -0.05) is 35.0 Å². The smallest absolute Gasteiger partial charge is 0.340 e. The zero-order chi connectivity index (χ0) is 11.6. The van der Waals surface area contributed by atoms with Crippen LogP contribution < -0.4 is 0 Å². The van der Waals surface area contributed by atoms with E-state index in [-0.39, 0.29) is 4.47 Å². The number of hydrogen-bond donors (Lipinski definition) is 2. The molecule has 0 aliphatic rings. The Morgan fingerprint density at radius 1 is 1.40 bits per heavy atom. The molecule has 0 unspecified atom stereocenters. The second-order valence-corrected chi connectivity index (χ2v) is 4.99. The number of aryl methyl sites for hydroxylation is 1. The highest BCUT2D eigenvalue weighted by molar-refractivity contribution is 9.10. The van der Waals surface area contributed by atoms with Crippen molar-refractivity contribution in [3.8, 4) is 0 Å². The van der Waals surface area contributed by atoms with Crippen LogP contribution in [0.4, 0.5) is 8.78 Å². The van der Waals surface area contributed by atoms with E-state index >= 15 is 0 Å². The summed E-state index contributed by atoms with van der Waals surface area (Å²) >= 11 is 3.00. The number of halogens is 3. The van der Waals surface area contributed by atoms with Crippen molar-refractivity contribution in [3.05, 3.63) is 33.8 Å². The van der Waals surface area contributed by atoms with Gasteiger partial charge in [0.2, 0.25) is 8.38 Å². The summed E-state index contributed by atoms with van der Waals surface area (Å²) < 4.78 is 26.7. The van der Waals surface area contributed by atoms with Crippen LogP contribution in [0.25, 0.3) is 0 Å². The lowest BCUT2D eigenvalue weighted by Gasteiger charge is -2.19. The lowest BCUT2D eigenvalue weighted by molar-refractivity contribution is 0.0724. The van der Waals surface area contributed by atoms with Gasteiger partial charge in [0.25, 0.3) is 0 Å². The Morgan fingerprint density at radius 3 is 2.40 bits per heavy atom. The molecule has 0 saturated heterocycles. The molecule has 0 heterocycles. The molecule has 0 aromatic heterocycles. The van der Waals surface area contributed by atoms with Crippen molar-refractivity contribution >= 4 is 24.3 Å². The third-order valence-corrected chi connectivity index (χ3v) is 3.42. The van der Waals surface area contributed by atoms with Gasteiger partial charge < -0.3 is 9.79 Å². The van der Waals surface area contributed by atoms with Crippen LogP contribution in [0.15, 0.2) is 22.7 Å². The van der Waals surface area contributed by atoms with Crippen LogP contribution in [0, 0.1) is 0 Å². The topological polar surface area (TPSA) is 40.5 Å². The third-order valence-electron chi connectivity index (χ3n) is 2.02. The number of alkyl halides is 2. The average molecular weight is 299 g/mol.